The summed E-state index contributed by atoms with van der Waals surface area (Å²) in [5, 5.41) is 5.85. The van der Waals surface area contributed by atoms with Crippen molar-refractivity contribution in [2.24, 2.45) is 0 Å². The summed E-state index contributed by atoms with van der Waals surface area (Å²) in [6, 6.07) is 13.2. The second kappa shape index (κ2) is 9.22. The Kier molecular flexibility index (Phi) is 6.73. The van der Waals surface area contributed by atoms with Gasteiger partial charge in [-0.1, -0.05) is 0 Å². The smallest absolute Gasteiger partial charge is 0.337 e. The molecule has 26 heavy (non-hydrogen) atoms. The van der Waals surface area contributed by atoms with Crippen molar-refractivity contribution in [1.82, 2.24) is 0 Å². The van der Waals surface area contributed by atoms with E-state index in [-0.39, 0.29) is 12.3 Å². The Morgan fingerprint density at radius 3 is 1.69 bits per heavy atom. The highest BCUT2D eigenvalue weighted by Gasteiger charge is 2.07. The molecule has 7 heteroatoms. The Bertz CT molecular complexity index is 770. The Morgan fingerprint density at radius 1 is 0.769 bits per heavy atom. The molecular weight excluding hydrogens is 336 g/mol. The van der Waals surface area contributed by atoms with Crippen LogP contribution < -0.4 is 10.6 Å². The molecule has 0 saturated heterocycles. The SMILES string of the molecule is COC(=O)c1ccc(NCCC(=O)Nc2ccc(C(=O)OC)cc2)cc1. The number of rotatable bonds is 7. The van der Waals surface area contributed by atoms with Gasteiger partial charge in [0.2, 0.25) is 5.91 Å². The second-order valence-electron chi connectivity index (χ2n) is 5.36. The summed E-state index contributed by atoms with van der Waals surface area (Å²) in [4.78, 5) is 34.7. The third-order valence-corrected chi connectivity index (χ3v) is 3.58. The lowest BCUT2D eigenvalue weighted by molar-refractivity contribution is -0.115. The lowest BCUT2D eigenvalue weighted by Gasteiger charge is -2.08. The zero-order valence-electron chi connectivity index (χ0n) is 14.6. The van der Waals surface area contributed by atoms with E-state index >= 15 is 0 Å². The molecule has 2 aromatic rings. The maximum Gasteiger partial charge on any atom is 0.337 e. The highest BCUT2D eigenvalue weighted by Crippen LogP contribution is 2.12. The van der Waals surface area contributed by atoms with Crippen molar-refractivity contribution >= 4 is 29.2 Å². The van der Waals surface area contributed by atoms with Crippen LogP contribution in [0.5, 0.6) is 0 Å². The monoisotopic (exact) mass is 356 g/mol. The minimum atomic E-state index is -0.426. The first kappa shape index (κ1) is 19.0. The number of esters is 2. The van der Waals surface area contributed by atoms with Crippen molar-refractivity contribution in [2.45, 2.75) is 6.42 Å². The van der Waals surface area contributed by atoms with Crippen LogP contribution in [0, 0.1) is 0 Å². The van der Waals surface area contributed by atoms with Crippen molar-refractivity contribution in [3.63, 3.8) is 0 Å². The molecule has 2 N–H and O–H groups in total. The molecule has 136 valence electrons. The van der Waals surface area contributed by atoms with Crippen LogP contribution in [0.25, 0.3) is 0 Å². The average molecular weight is 356 g/mol. The number of carbonyl (C=O) groups is 3. The predicted molar refractivity (Wildman–Crippen MR) is 97.3 cm³/mol. The number of nitrogens with one attached hydrogen (secondary N) is 2. The highest BCUT2D eigenvalue weighted by molar-refractivity contribution is 5.93. The van der Waals surface area contributed by atoms with Gasteiger partial charge in [-0.3, -0.25) is 4.79 Å². The molecule has 2 rings (SSSR count). The van der Waals surface area contributed by atoms with Gasteiger partial charge in [0.1, 0.15) is 0 Å². The number of carbonyl (C=O) groups excluding carboxylic acids is 3. The highest BCUT2D eigenvalue weighted by atomic mass is 16.5. The van der Waals surface area contributed by atoms with Crippen LogP contribution in [0.4, 0.5) is 11.4 Å². The fraction of sp³-hybridized carbons (Fsp3) is 0.211. The molecule has 0 fully saturated rings. The van der Waals surface area contributed by atoms with Gasteiger partial charge < -0.3 is 20.1 Å². The van der Waals surface area contributed by atoms with E-state index in [4.69, 9.17) is 0 Å². The van der Waals surface area contributed by atoms with Crippen molar-refractivity contribution in [1.29, 1.82) is 0 Å². The van der Waals surface area contributed by atoms with Gasteiger partial charge >= 0.3 is 11.9 Å². The molecule has 0 unspecified atom stereocenters. The van der Waals surface area contributed by atoms with E-state index in [9.17, 15) is 14.4 Å². The third-order valence-electron chi connectivity index (χ3n) is 3.58. The number of hydrogen-bond acceptors (Lipinski definition) is 6. The summed E-state index contributed by atoms with van der Waals surface area (Å²) >= 11 is 0. The lowest BCUT2D eigenvalue weighted by atomic mass is 10.2. The van der Waals surface area contributed by atoms with E-state index in [1.165, 1.54) is 14.2 Å². The van der Waals surface area contributed by atoms with Gasteiger partial charge in [-0.2, -0.15) is 0 Å². The number of hydrogen-bond donors (Lipinski definition) is 2. The fourth-order valence-electron chi connectivity index (χ4n) is 2.19. The third kappa shape index (κ3) is 5.34. The Labute approximate surface area is 151 Å². The fourth-order valence-corrected chi connectivity index (χ4v) is 2.19. The summed E-state index contributed by atoms with van der Waals surface area (Å²) in [5.41, 5.74) is 2.28. The number of anilines is 2. The Hall–Kier alpha value is -3.35. The molecule has 0 radical (unpaired) electrons. The van der Waals surface area contributed by atoms with Crippen molar-refractivity contribution in [2.75, 3.05) is 31.4 Å². The minimum absolute atomic E-state index is 0.158. The molecule has 7 nitrogen and oxygen atoms in total. The quantitative estimate of drug-likeness (QED) is 0.741. The summed E-state index contributed by atoms with van der Waals surface area (Å²) < 4.78 is 9.25. The molecule has 0 aromatic heterocycles. The van der Waals surface area contributed by atoms with Crippen molar-refractivity contribution in [3.05, 3.63) is 59.7 Å². The van der Waals surface area contributed by atoms with Crippen LogP contribution in [-0.4, -0.2) is 38.6 Å². The standard InChI is InChI=1S/C19H20N2O5/c1-25-18(23)13-3-7-15(8-4-13)20-12-11-17(22)21-16-9-5-14(6-10-16)19(24)26-2/h3-10,20H,11-12H2,1-2H3,(H,21,22). The molecule has 0 spiro atoms. The van der Waals surface area contributed by atoms with E-state index in [0.717, 1.165) is 5.69 Å². The summed E-state index contributed by atoms with van der Waals surface area (Å²) in [7, 11) is 2.64. The molecular formula is C19H20N2O5. The molecule has 0 aliphatic rings. The van der Waals surface area contributed by atoms with Gasteiger partial charge in [-0.25, -0.2) is 9.59 Å². The van der Waals surface area contributed by atoms with Crippen LogP contribution in [0.3, 0.4) is 0 Å². The summed E-state index contributed by atoms with van der Waals surface area (Å²) in [5.74, 6) is -0.978. The van der Waals surface area contributed by atoms with Gasteiger partial charge in [-0.15, -0.1) is 0 Å². The molecule has 0 heterocycles. The molecule has 0 bridgehead atoms. The van der Waals surface area contributed by atoms with Crippen LogP contribution in [0.1, 0.15) is 27.1 Å². The van der Waals surface area contributed by atoms with Gasteiger partial charge in [-0.05, 0) is 48.5 Å². The number of amides is 1. The first-order valence-electron chi connectivity index (χ1n) is 7.94. The molecule has 2 aromatic carbocycles. The Balaban J connectivity index is 1.78. The van der Waals surface area contributed by atoms with Crippen molar-refractivity contribution < 1.29 is 23.9 Å². The molecule has 0 atom stereocenters. The zero-order valence-corrected chi connectivity index (χ0v) is 14.6. The zero-order chi connectivity index (χ0) is 18.9. The van der Waals surface area contributed by atoms with E-state index in [2.05, 4.69) is 20.1 Å². The van der Waals surface area contributed by atoms with Crippen LogP contribution in [0.2, 0.25) is 0 Å². The Morgan fingerprint density at radius 2 is 1.23 bits per heavy atom. The van der Waals surface area contributed by atoms with Gasteiger partial charge in [0.25, 0.3) is 0 Å². The first-order chi connectivity index (χ1) is 12.5. The lowest BCUT2D eigenvalue weighted by Crippen LogP contribution is -2.16. The molecule has 0 saturated carbocycles. The van der Waals surface area contributed by atoms with Gasteiger partial charge in [0, 0.05) is 24.3 Å². The van der Waals surface area contributed by atoms with E-state index in [1.807, 2.05) is 0 Å². The average Bonchev–Trinajstić information content (AvgIpc) is 2.68. The maximum atomic E-state index is 12.0. The molecule has 1 amide bonds. The van der Waals surface area contributed by atoms with Crippen molar-refractivity contribution in [3.8, 4) is 0 Å². The number of methoxy groups -OCH3 is 2. The second-order valence-corrected chi connectivity index (χ2v) is 5.36. The van der Waals surface area contributed by atoms with Gasteiger partial charge in [0.15, 0.2) is 0 Å². The van der Waals surface area contributed by atoms with Crippen LogP contribution in [0.15, 0.2) is 48.5 Å². The maximum absolute atomic E-state index is 12.0. The van der Waals surface area contributed by atoms with Crippen LogP contribution >= 0.6 is 0 Å². The van der Waals surface area contributed by atoms with Crippen LogP contribution in [-0.2, 0) is 14.3 Å². The van der Waals surface area contributed by atoms with Gasteiger partial charge in [0.05, 0.1) is 25.3 Å². The normalized spacial score (nSPS) is 9.92. The summed E-state index contributed by atoms with van der Waals surface area (Å²) in [6.07, 6.45) is 0.261. The van der Waals surface area contributed by atoms with E-state index in [0.29, 0.717) is 23.4 Å². The minimum Gasteiger partial charge on any atom is -0.465 e. The molecule has 0 aliphatic heterocycles. The summed E-state index contributed by atoms with van der Waals surface area (Å²) in [6.45, 7) is 0.434. The number of benzene rings is 2. The first-order valence-corrected chi connectivity index (χ1v) is 7.94. The van der Waals surface area contributed by atoms with E-state index in [1.54, 1.807) is 48.5 Å². The topological polar surface area (TPSA) is 93.7 Å². The largest absolute Gasteiger partial charge is 0.465 e. The number of ether oxygens (including phenoxy) is 2. The predicted octanol–water partition coefficient (Wildman–Crippen LogP) is 2.70. The molecule has 0 aliphatic carbocycles. The van der Waals surface area contributed by atoms with E-state index < -0.39 is 11.9 Å².